The van der Waals surface area contributed by atoms with Gasteiger partial charge in [0.25, 0.3) is 0 Å². The van der Waals surface area contributed by atoms with Crippen molar-refractivity contribution in [1.29, 1.82) is 0 Å². The zero-order valence-electron chi connectivity index (χ0n) is 11.1. The van der Waals surface area contributed by atoms with E-state index in [4.69, 9.17) is 0 Å². The maximum absolute atomic E-state index is 12.4. The predicted molar refractivity (Wildman–Crippen MR) is 68.3 cm³/mol. The van der Waals surface area contributed by atoms with E-state index in [1.807, 2.05) is 13.8 Å². The van der Waals surface area contributed by atoms with Crippen LogP contribution in [0.25, 0.3) is 0 Å². The summed E-state index contributed by atoms with van der Waals surface area (Å²) in [6.45, 7) is 6.13. The fourth-order valence-electron chi connectivity index (χ4n) is 2.92. The van der Waals surface area contributed by atoms with Gasteiger partial charge in [-0.1, -0.05) is 26.2 Å². The Labute approximate surface area is 103 Å². The Kier molecular flexibility index (Phi) is 3.65. The molecule has 1 heterocycles. The number of carbonyl (C=O) groups excluding carboxylic acids is 1. The second-order valence-electron chi connectivity index (χ2n) is 5.09. The molecule has 94 valence electrons. The molecular formula is C14H22N2O. The molecular weight excluding hydrogens is 212 g/mol. The number of carbonyl (C=O) groups is 1. The van der Waals surface area contributed by atoms with Gasteiger partial charge in [0.2, 0.25) is 5.91 Å². The quantitative estimate of drug-likeness (QED) is 0.787. The minimum absolute atomic E-state index is 0.200. The standard InChI is InChI=1S/C14H22N2O/c1-4-13-10(2)15-16(11(13)3)14(17)12-8-6-5-7-9-12/h12H,4-9H2,1-3H3. The number of aromatic nitrogens is 2. The maximum atomic E-state index is 12.4. The Morgan fingerprint density at radius 3 is 2.47 bits per heavy atom. The van der Waals surface area contributed by atoms with Gasteiger partial charge in [-0.3, -0.25) is 4.79 Å². The zero-order valence-corrected chi connectivity index (χ0v) is 11.1. The predicted octanol–water partition coefficient (Wildman–Crippen LogP) is 3.28. The molecule has 0 radical (unpaired) electrons. The van der Waals surface area contributed by atoms with E-state index in [9.17, 15) is 4.79 Å². The molecule has 3 heteroatoms. The summed E-state index contributed by atoms with van der Waals surface area (Å²) < 4.78 is 1.66. The molecule has 1 aliphatic carbocycles. The fraction of sp³-hybridized carbons (Fsp3) is 0.714. The number of aryl methyl sites for hydroxylation is 1. The third-order valence-electron chi connectivity index (χ3n) is 3.96. The highest BCUT2D eigenvalue weighted by atomic mass is 16.2. The molecule has 2 rings (SSSR count). The third-order valence-corrected chi connectivity index (χ3v) is 3.96. The lowest BCUT2D eigenvalue weighted by molar-refractivity contribution is 0.0781. The monoisotopic (exact) mass is 234 g/mol. The molecule has 0 N–H and O–H groups in total. The highest BCUT2D eigenvalue weighted by molar-refractivity contribution is 5.81. The minimum Gasteiger partial charge on any atom is -0.272 e. The molecule has 0 bridgehead atoms. The largest absolute Gasteiger partial charge is 0.272 e. The molecule has 0 aromatic carbocycles. The molecule has 1 aromatic heterocycles. The summed E-state index contributed by atoms with van der Waals surface area (Å²) >= 11 is 0. The molecule has 0 unspecified atom stereocenters. The van der Waals surface area contributed by atoms with Gasteiger partial charge < -0.3 is 0 Å². The summed E-state index contributed by atoms with van der Waals surface area (Å²) in [6, 6.07) is 0. The van der Waals surface area contributed by atoms with Crippen LogP contribution in [0, 0.1) is 19.8 Å². The van der Waals surface area contributed by atoms with E-state index < -0.39 is 0 Å². The molecule has 0 aliphatic heterocycles. The van der Waals surface area contributed by atoms with Gasteiger partial charge in [-0.15, -0.1) is 0 Å². The Hall–Kier alpha value is -1.12. The SMILES string of the molecule is CCc1c(C)nn(C(=O)C2CCCCC2)c1C. The van der Waals surface area contributed by atoms with Gasteiger partial charge in [-0.05, 0) is 38.7 Å². The van der Waals surface area contributed by atoms with Crippen molar-refractivity contribution in [2.24, 2.45) is 5.92 Å². The normalized spacial score (nSPS) is 17.4. The van der Waals surface area contributed by atoms with Crippen molar-refractivity contribution in [3.8, 4) is 0 Å². The summed E-state index contributed by atoms with van der Waals surface area (Å²) in [5.41, 5.74) is 3.28. The molecule has 0 amide bonds. The van der Waals surface area contributed by atoms with Crippen LogP contribution in [0.1, 0.15) is 60.8 Å². The first-order valence-electron chi connectivity index (χ1n) is 6.74. The van der Waals surface area contributed by atoms with E-state index in [-0.39, 0.29) is 11.8 Å². The summed E-state index contributed by atoms with van der Waals surface area (Å²) in [7, 11) is 0. The van der Waals surface area contributed by atoms with Crippen LogP contribution in [0.15, 0.2) is 0 Å². The van der Waals surface area contributed by atoms with Crippen LogP contribution in [-0.4, -0.2) is 15.7 Å². The zero-order chi connectivity index (χ0) is 12.4. The Balaban J connectivity index is 2.24. The molecule has 1 aliphatic rings. The van der Waals surface area contributed by atoms with Crippen molar-refractivity contribution in [2.45, 2.75) is 59.3 Å². The summed E-state index contributed by atoms with van der Waals surface area (Å²) in [5.74, 6) is 0.413. The van der Waals surface area contributed by atoms with Crippen LogP contribution in [-0.2, 0) is 6.42 Å². The van der Waals surface area contributed by atoms with Gasteiger partial charge in [0.15, 0.2) is 0 Å². The van der Waals surface area contributed by atoms with Gasteiger partial charge in [0.1, 0.15) is 0 Å². The van der Waals surface area contributed by atoms with Crippen LogP contribution in [0.4, 0.5) is 0 Å². The molecule has 0 atom stereocenters. The van der Waals surface area contributed by atoms with Gasteiger partial charge in [-0.25, -0.2) is 4.68 Å². The van der Waals surface area contributed by atoms with Crippen molar-refractivity contribution in [3.63, 3.8) is 0 Å². The molecule has 0 saturated heterocycles. The summed E-state index contributed by atoms with van der Waals surface area (Å²) in [6.07, 6.45) is 6.70. The lowest BCUT2D eigenvalue weighted by Gasteiger charge is -2.20. The number of rotatable bonds is 2. The molecule has 1 saturated carbocycles. The topological polar surface area (TPSA) is 34.9 Å². The smallest absolute Gasteiger partial charge is 0.250 e. The van der Waals surface area contributed by atoms with Crippen molar-refractivity contribution in [2.75, 3.05) is 0 Å². The summed E-state index contributed by atoms with van der Waals surface area (Å²) in [4.78, 5) is 12.4. The molecule has 3 nitrogen and oxygen atoms in total. The van der Waals surface area contributed by atoms with Crippen LogP contribution in [0.2, 0.25) is 0 Å². The second-order valence-corrected chi connectivity index (χ2v) is 5.09. The Morgan fingerprint density at radius 2 is 1.94 bits per heavy atom. The van der Waals surface area contributed by atoms with E-state index in [0.29, 0.717) is 0 Å². The highest BCUT2D eigenvalue weighted by Gasteiger charge is 2.25. The van der Waals surface area contributed by atoms with Gasteiger partial charge in [0, 0.05) is 11.6 Å². The van der Waals surface area contributed by atoms with Crippen molar-refractivity contribution < 1.29 is 4.79 Å². The van der Waals surface area contributed by atoms with E-state index in [0.717, 1.165) is 30.7 Å². The molecule has 1 aromatic rings. The first kappa shape index (κ1) is 12.3. The van der Waals surface area contributed by atoms with E-state index >= 15 is 0 Å². The Morgan fingerprint density at radius 1 is 1.29 bits per heavy atom. The minimum atomic E-state index is 0.200. The van der Waals surface area contributed by atoms with E-state index in [1.54, 1.807) is 4.68 Å². The fourth-order valence-corrected chi connectivity index (χ4v) is 2.92. The maximum Gasteiger partial charge on any atom is 0.250 e. The number of hydrogen-bond donors (Lipinski definition) is 0. The van der Waals surface area contributed by atoms with Gasteiger partial charge in [-0.2, -0.15) is 5.10 Å². The Bertz CT molecular complexity index is 414. The van der Waals surface area contributed by atoms with Crippen molar-refractivity contribution in [1.82, 2.24) is 9.78 Å². The van der Waals surface area contributed by atoms with Crippen LogP contribution in [0.5, 0.6) is 0 Å². The third kappa shape index (κ3) is 2.28. The first-order valence-corrected chi connectivity index (χ1v) is 6.74. The molecule has 1 fully saturated rings. The van der Waals surface area contributed by atoms with Crippen LogP contribution < -0.4 is 0 Å². The van der Waals surface area contributed by atoms with Crippen LogP contribution >= 0.6 is 0 Å². The van der Waals surface area contributed by atoms with Gasteiger partial charge in [0.05, 0.1) is 5.69 Å². The lowest BCUT2D eigenvalue weighted by Crippen LogP contribution is -2.25. The lowest BCUT2D eigenvalue weighted by atomic mass is 9.88. The average Bonchev–Trinajstić information content (AvgIpc) is 2.64. The number of nitrogens with zero attached hydrogens (tertiary/aromatic N) is 2. The number of hydrogen-bond acceptors (Lipinski definition) is 2. The summed E-state index contributed by atoms with van der Waals surface area (Å²) in [5, 5.41) is 4.42. The first-order chi connectivity index (χ1) is 8.15. The average molecular weight is 234 g/mol. The molecule has 0 spiro atoms. The van der Waals surface area contributed by atoms with E-state index in [1.165, 1.54) is 24.8 Å². The van der Waals surface area contributed by atoms with Crippen molar-refractivity contribution in [3.05, 3.63) is 17.0 Å². The van der Waals surface area contributed by atoms with E-state index in [2.05, 4.69) is 12.0 Å². The van der Waals surface area contributed by atoms with Crippen molar-refractivity contribution >= 4 is 5.91 Å². The van der Waals surface area contributed by atoms with Crippen LogP contribution in [0.3, 0.4) is 0 Å². The van der Waals surface area contributed by atoms with Gasteiger partial charge >= 0.3 is 0 Å². The molecule has 17 heavy (non-hydrogen) atoms. The second kappa shape index (κ2) is 5.03. The highest BCUT2D eigenvalue weighted by Crippen LogP contribution is 2.26.